The first kappa shape index (κ1) is 17.2. The number of aromatic nitrogens is 4. The smallest absolute Gasteiger partial charge is 0.278 e. The zero-order valence-corrected chi connectivity index (χ0v) is 16.0. The molecule has 7 nitrogen and oxygen atoms in total. The maximum Gasteiger partial charge on any atom is 0.278 e. The number of benzene rings is 2. The third-order valence-corrected chi connectivity index (χ3v) is 4.98. The molecule has 7 heteroatoms. The Labute approximate surface area is 165 Å². The van der Waals surface area contributed by atoms with E-state index in [1.54, 1.807) is 24.1 Å². The summed E-state index contributed by atoms with van der Waals surface area (Å²) in [7, 11) is 1.63. The van der Waals surface area contributed by atoms with E-state index in [0.717, 1.165) is 28.0 Å². The van der Waals surface area contributed by atoms with Crippen molar-refractivity contribution in [2.45, 2.75) is 13.5 Å². The van der Waals surface area contributed by atoms with Crippen LogP contribution in [0.4, 0.5) is 0 Å². The summed E-state index contributed by atoms with van der Waals surface area (Å²) in [6, 6.07) is 17.3. The van der Waals surface area contributed by atoms with E-state index < -0.39 is 0 Å². The number of nitrogens with zero attached hydrogens (tertiary/aromatic N) is 4. The van der Waals surface area contributed by atoms with Crippen LogP contribution in [0.5, 0.6) is 5.75 Å². The summed E-state index contributed by atoms with van der Waals surface area (Å²) in [6.45, 7) is 2.24. The number of rotatable bonds is 4. The number of imidazole rings is 1. The van der Waals surface area contributed by atoms with Gasteiger partial charge in [0.05, 0.1) is 30.4 Å². The predicted octanol–water partition coefficient (Wildman–Crippen LogP) is 3.67. The van der Waals surface area contributed by atoms with Crippen LogP contribution in [-0.2, 0) is 6.54 Å². The van der Waals surface area contributed by atoms with E-state index in [4.69, 9.17) is 9.26 Å². The summed E-state index contributed by atoms with van der Waals surface area (Å²) in [5, 5.41) is 3.93. The van der Waals surface area contributed by atoms with Crippen molar-refractivity contribution < 1.29 is 9.26 Å². The number of fused-ring (bicyclic) bond motifs is 3. The molecule has 0 amide bonds. The van der Waals surface area contributed by atoms with Crippen molar-refractivity contribution in [3.63, 3.8) is 0 Å². The van der Waals surface area contributed by atoms with Crippen molar-refractivity contribution in [1.82, 2.24) is 19.1 Å². The zero-order chi connectivity index (χ0) is 20.0. The molecule has 0 aliphatic heterocycles. The molecule has 0 bridgehead atoms. The van der Waals surface area contributed by atoms with Crippen molar-refractivity contribution in [3.8, 4) is 17.2 Å². The Hall–Kier alpha value is -3.87. The number of aryl methyl sites for hydroxylation is 1. The fraction of sp³-hybridized carbons (Fsp3) is 0.136. The maximum absolute atomic E-state index is 13.6. The van der Waals surface area contributed by atoms with Gasteiger partial charge in [-0.1, -0.05) is 29.4 Å². The Morgan fingerprint density at radius 2 is 1.90 bits per heavy atom. The highest BCUT2D eigenvalue weighted by Gasteiger charge is 2.19. The Morgan fingerprint density at radius 1 is 1.07 bits per heavy atom. The Morgan fingerprint density at radius 3 is 2.66 bits per heavy atom. The SMILES string of the molecule is COc1cccc(Cn2c(=O)c3c(-c4cc(C)no4)ncn3c3ccccc32)c1. The number of hydrogen-bond donors (Lipinski definition) is 0. The fourth-order valence-electron chi connectivity index (χ4n) is 3.63. The van der Waals surface area contributed by atoms with Gasteiger partial charge in [-0.25, -0.2) is 4.98 Å². The standard InChI is InChI=1S/C22H18N4O3/c1-14-10-19(29-24-14)20-21-22(27)25(12-15-6-5-7-16(11-15)28-2)17-8-3-4-9-18(17)26(21)13-23-20/h3-11,13H,12H2,1-2H3. The van der Waals surface area contributed by atoms with Crippen LogP contribution in [0.2, 0.25) is 0 Å². The van der Waals surface area contributed by atoms with E-state index in [1.807, 2.05) is 59.9 Å². The lowest BCUT2D eigenvalue weighted by Crippen LogP contribution is -2.23. The molecule has 3 heterocycles. The first-order valence-corrected chi connectivity index (χ1v) is 9.21. The van der Waals surface area contributed by atoms with Crippen LogP contribution >= 0.6 is 0 Å². The molecule has 29 heavy (non-hydrogen) atoms. The first-order chi connectivity index (χ1) is 14.2. The van der Waals surface area contributed by atoms with Gasteiger partial charge in [-0.3, -0.25) is 9.20 Å². The van der Waals surface area contributed by atoms with Gasteiger partial charge in [0.2, 0.25) is 0 Å². The molecule has 3 aromatic heterocycles. The van der Waals surface area contributed by atoms with E-state index in [1.165, 1.54) is 0 Å². The number of ether oxygens (including phenoxy) is 1. The first-order valence-electron chi connectivity index (χ1n) is 9.21. The summed E-state index contributed by atoms with van der Waals surface area (Å²) in [5.41, 5.74) is 4.22. The van der Waals surface area contributed by atoms with Crippen LogP contribution in [0.15, 0.2) is 70.2 Å². The van der Waals surface area contributed by atoms with E-state index in [-0.39, 0.29) is 5.56 Å². The largest absolute Gasteiger partial charge is 0.497 e. The lowest BCUT2D eigenvalue weighted by molar-refractivity contribution is 0.414. The number of hydrogen-bond acceptors (Lipinski definition) is 5. The molecule has 144 valence electrons. The molecular weight excluding hydrogens is 368 g/mol. The third kappa shape index (κ3) is 2.79. The summed E-state index contributed by atoms with van der Waals surface area (Å²) >= 11 is 0. The normalized spacial score (nSPS) is 11.4. The molecule has 0 spiro atoms. The average molecular weight is 386 g/mol. The highest BCUT2D eigenvalue weighted by molar-refractivity contribution is 5.84. The predicted molar refractivity (Wildman–Crippen MR) is 109 cm³/mol. The Balaban J connectivity index is 1.79. The second kappa shape index (κ2) is 6.63. The highest BCUT2D eigenvalue weighted by Crippen LogP contribution is 2.25. The molecule has 5 rings (SSSR count). The van der Waals surface area contributed by atoms with Gasteiger partial charge in [0.15, 0.2) is 5.76 Å². The molecule has 2 aromatic carbocycles. The molecule has 0 aliphatic carbocycles. The third-order valence-electron chi connectivity index (χ3n) is 4.98. The van der Waals surface area contributed by atoms with Gasteiger partial charge in [-0.2, -0.15) is 0 Å². The summed E-state index contributed by atoms with van der Waals surface area (Å²) in [5.74, 6) is 1.23. The fourth-order valence-corrected chi connectivity index (χ4v) is 3.63. The molecule has 0 saturated carbocycles. The molecule has 0 fully saturated rings. The van der Waals surface area contributed by atoms with Crippen LogP contribution in [0.3, 0.4) is 0 Å². The van der Waals surface area contributed by atoms with Gasteiger partial charge in [0, 0.05) is 6.07 Å². The Bertz CT molecular complexity index is 1410. The van der Waals surface area contributed by atoms with E-state index >= 15 is 0 Å². The summed E-state index contributed by atoms with van der Waals surface area (Å²) < 4.78 is 14.3. The average Bonchev–Trinajstić information content (AvgIpc) is 3.38. The molecular formula is C22H18N4O3. The van der Waals surface area contributed by atoms with E-state index in [2.05, 4.69) is 10.1 Å². The highest BCUT2D eigenvalue weighted by atomic mass is 16.5. The van der Waals surface area contributed by atoms with Gasteiger partial charge in [0.25, 0.3) is 5.56 Å². The van der Waals surface area contributed by atoms with Gasteiger partial charge in [-0.15, -0.1) is 0 Å². The minimum Gasteiger partial charge on any atom is -0.497 e. The minimum atomic E-state index is -0.145. The van der Waals surface area contributed by atoms with Crippen LogP contribution in [-0.4, -0.2) is 26.2 Å². The minimum absolute atomic E-state index is 0.145. The van der Waals surface area contributed by atoms with Crippen molar-refractivity contribution >= 4 is 16.6 Å². The van der Waals surface area contributed by atoms with Crippen LogP contribution in [0.25, 0.3) is 28.0 Å². The van der Waals surface area contributed by atoms with Gasteiger partial charge in [-0.05, 0) is 36.8 Å². The lowest BCUT2D eigenvalue weighted by Gasteiger charge is -2.13. The maximum atomic E-state index is 13.6. The molecule has 0 aliphatic rings. The second-order valence-electron chi connectivity index (χ2n) is 6.88. The van der Waals surface area contributed by atoms with Crippen molar-refractivity contribution in [2.75, 3.05) is 7.11 Å². The van der Waals surface area contributed by atoms with Crippen LogP contribution in [0, 0.1) is 6.92 Å². The van der Waals surface area contributed by atoms with E-state index in [9.17, 15) is 4.79 Å². The lowest BCUT2D eigenvalue weighted by atomic mass is 10.2. The monoisotopic (exact) mass is 386 g/mol. The van der Waals surface area contributed by atoms with Crippen molar-refractivity contribution in [1.29, 1.82) is 0 Å². The van der Waals surface area contributed by atoms with Crippen LogP contribution in [0.1, 0.15) is 11.3 Å². The van der Waals surface area contributed by atoms with Crippen molar-refractivity contribution in [3.05, 3.63) is 82.5 Å². The molecule has 0 atom stereocenters. The summed E-state index contributed by atoms with van der Waals surface area (Å²) in [4.78, 5) is 18.0. The number of methoxy groups -OCH3 is 1. The molecule has 5 aromatic rings. The molecule has 0 unspecified atom stereocenters. The van der Waals surface area contributed by atoms with Gasteiger partial charge < -0.3 is 13.8 Å². The number of para-hydroxylation sites is 2. The van der Waals surface area contributed by atoms with Gasteiger partial charge in [0.1, 0.15) is 23.3 Å². The molecule has 0 saturated heterocycles. The molecule has 0 radical (unpaired) electrons. The van der Waals surface area contributed by atoms with Gasteiger partial charge >= 0.3 is 0 Å². The second-order valence-corrected chi connectivity index (χ2v) is 6.88. The quantitative estimate of drug-likeness (QED) is 0.471. The van der Waals surface area contributed by atoms with Crippen molar-refractivity contribution in [2.24, 2.45) is 0 Å². The van der Waals surface area contributed by atoms with E-state index in [0.29, 0.717) is 23.5 Å². The van der Waals surface area contributed by atoms with Crippen LogP contribution < -0.4 is 10.3 Å². The molecule has 0 N–H and O–H groups in total. The summed E-state index contributed by atoms with van der Waals surface area (Å²) in [6.07, 6.45) is 1.65. The Kier molecular flexibility index (Phi) is 3.94. The zero-order valence-electron chi connectivity index (χ0n) is 16.0. The topological polar surface area (TPSA) is 74.6 Å².